The Hall–Kier alpha value is -1.13. The molecule has 0 bridgehead atoms. The van der Waals surface area contributed by atoms with Gasteiger partial charge in [-0.15, -0.1) is 0 Å². The van der Waals surface area contributed by atoms with Crippen molar-refractivity contribution in [1.29, 1.82) is 0 Å². The molecule has 3 nitrogen and oxygen atoms in total. The van der Waals surface area contributed by atoms with Crippen LogP contribution in [0.4, 0.5) is 0 Å². The van der Waals surface area contributed by atoms with Crippen LogP contribution < -0.4 is 4.74 Å². The second-order valence-electron chi connectivity index (χ2n) is 4.57. The molecule has 0 aliphatic heterocycles. The number of aromatic nitrogens is 2. The Morgan fingerprint density at radius 1 is 1.32 bits per heavy atom. The Morgan fingerprint density at radius 3 is 2.74 bits per heavy atom. The molecular formula is C14H14BrClN2O. The summed E-state index contributed by atoms with van der Waals surface area (Å²) in [5.74, 6) is 1.64. The summed E-state index contributed by atoms with van der Waals surface area (Å²) in [5.41, 5.74) is 2.27. The lowest BCUT2D eigenvalue weighted by molar-refractivity contribution is 0.454. The number of hydrogen-bond acceptors (Lipinski definition) is 3. The standard InChI is InChI=1S/C14H14BrClN2O/c1-8(2)10-5-4-9(3)12(6-10)19-13-11(15)7-17-14(16)18-13/h4-8H,1-3H3. The summed E-state index contributed by atoms with van der Waals surface area (Å²) in [7, 11) is 0. The molecule has 2 rings (SSSR count). The first-order chi connectivity index (χ1) is 8.97. The molecule has 0 fully saturated rings. The fraction of sp³-hybridized carbons (Fsp3) is 0.286. The van der Waals surface area contributed by atoms with Crippen molar-refractivity contribution < 1.29 is 4.74 Å². The minimum atomic E-state index is 0.163. The summed E-state index contributed by atoms with van der Waals surface area (Å²) in [4.78, 5) is 7.95. The van der Waals surface area contributed by atoms with Gasteiger partial charge in [0.1, 0.15) is 5.75 Å². The minimum Gasteiger partial charge on any atom is -0.437 e. The maximum Gasteiger partial charge on any atom is 0.237 e. The average molecular weight is 342 g/mol. The lowest BCUT2D eigenvalue weighted by atomic mass is 10.0. The first kappa shape index (κ1) is 14.3. The predicted molar refractivity (Wildman–Crippen MR) is 80.1 cm³/mol. The number of ether oxygens (including phenoxy) is 1. The van der Waals surface area contributed by atoms with Gasteiger partial charge in [0.05, 0.1) is 4.47 Å². The number of benzene rings is 1. The third-order valence-corrected chi connectivity index (χ3v) is 3.49. The van der Waals surface area contributed by atoms with Crippen molar-refractivity contribution in [3.8, 4) is 11.6 Å². The highest BCUT2D eigenvalue weighted by Crippen LogP contribution is 2.31. The van der Waals surface area contributed by atoms with Crippen LogP contribution in [-0.4, -0.2) is 9.97 Å². The van der Waals surface area contributed by atoms with E-state index in [4.69, 9.17) is 16.3 Å². The van der Waals surface area contributed by atoms with Crippen molar-refractivity contribution in [1.82, 2.24) is 9.97 Å². The zero-order valence-electron chi connectivity index (χ0n) is 10.9. The molecule has 0 N–H and O–H groups in total. The van der Waals surface area contributed by atoms with Gasteiger partial charge in [-0.05, 0) is 57.6 Å². The van der Waals surface area contributed by atoms with E-state index < -0.39 is 0 Å². The van der Waals surface area contributed by atoms with Crippen LogP contribution in [0, 0.1) is 6.92 Å². The predicted octanol–water partition coefficient (Wildman–Crippen LogP) is 5.12. The van der Waals surface area contributed by atoms with E-state index in [1.807, 2.05) is 19.1 Å². The van der Waals surface area contributed by atoms with E-state index in [9.17, 15) is 0 Å². The van der Waals surface area contributed by atoms with Gasteiger partial charge in [-0.25, -0.2) is 4.98 Å². The summed E-state index contributed by atoms with van der Waals surface area (Å²) >= 11 is 9.13. The van der Waals surface area contributed by atoms with Gasteiger partial charge in [0, 0.05) is 6.20 Å². The highest BCUT2D eigenvalue weighted by Gasteiger charge is 2.10. The van der Waals surface area contributed by atoms with Crippen LogP contribution in [0.3, 0.4) is 0 Å². The van der Waals surface area contributed by atoms with Gasteiger partial charge in [-0.1, -0.05) is 26.0 Å². The third kappa shape index (κ3) is 3.45. The smallest absolute Gasteiger partial charge is 0.237 e. The Morgan fingerprint density at radius 2 is 2.05 bits per heavy atom. The first-order valence-corrected chi connectivity index (χ1v) is 7.11. The summed E-state index contributed by atoms with van der Waals surface area (Å²) in [6, 6.07) is 6.18. The molecule has 0 unspecified atom stereocenters. The lowest BCUT2D eigenvalue weighted by Crippen LogP contribution is -1.95. The lowest BCUT2D eigenvalue weighted by Gasteiger charge is -2.12. The van der Waals surface area contributed by atoms with Crippen LogP contribution in [0.2, 0.25) is 5.28 Å². The van der Waals surface area contributed by atoms with E-state index in [2.05, 4.69) is 45.8 Å². The number of hydrogen-bond donors (Lipinski definition) is 0. The molecule has 0 saturated heterocycles. The molecule has 0 spiro atoms. The molecule has 0 aliphatic carbocycles. The minimum absolute atomic E-state index is 0.163. The summed E-state index contributed by atoms with van der Waals surface area (Å²) in [6.07, 6.45) is 1.58. The van der Waals surface area contributed by atoms with Crippen LogP contribution in [0.25, 0.3) is 0 Å². The Kier molecular flexibility index (Phi) is 4.42. The Bertz CT molecular complexity index is 602. The molecule has 1 heterocycles. The van der Waals surface area contributed by atoms with Gasteiger partial charge in [0.2, 0.25) is 11.2 Å². The first-order valence-electron chi connectivity index (χ1n) is 5.94. The molecule has 0 radical (unpaired) electrons. The third-order valence-electron chi connectivity index (χ3n) is 2.77. The molecule has 1 aromatic heterocycles. The van der Waals surface area contributed by atoms with Crippen LogP contribution in [0.1, 0.15) is 30.9 Å². The summed E-state index contributed by atoms with van der Waals surface area (Å²) in [5, 5.41) is 0.163. The molecule has 0 atom stereocenters. The summed E-state index contributed by atoms with van der Waals surface area (Å²) in [6.45, 7) is 6.29. The summed E-state index contributed by atoms with van der Waals surface area (Å²) < 4.78 is 6.50. The highest BCUT2D eigenvalue weighted by atomic mass is 79.9. The molecule has 5 heteroatoms. The van der Waals surface area contributed by atoms with Crippen LogP contribution in [-0.2, 0) is 0 Å². The fourth-order valence-electron chi connectivity index (χ4n) is 1.59. The second kappa shape index (κ2) is 5.88. The molecule has 0 aliphatic rings. The zero-order valence-corrected chi connectivity index (χ0v) is 13.3. The number of nitrogens with zero attached hydrogens (tertiary/aromatic N) is 2. The van der Waals surface area contributed by atoms with E-state index in [1.54, 1.807) is 6.20 Å². The zero-order chi connectivity index (χ0) is 14.0. The van der Waals surface area contributed by atoms with Gasteiger partial charge in [-0.2, -0.15) is 4.98 Å². The fourth-order valence-corrected chi connectivity index (χ4v) is 1.99. The largest absolute Gasteiger partial charge is 0.437 e. The van der Waals surface area contributed by atoms with Crippen molar-refractivity contribution >= 4 is 27.5 Å². The number of rotatable bonds is 3. The maximum absolute atomic E-state index is 5.83. The van der Waals surface area contributed by atoms with Crippen LogP contribution in [0.15, 0.2) is 28.9 Å². The Labute approximate surface area is 126 Å². The SMILES string of the molecule is Cc1ccc(C(C)C)cc1Oc1nc(Cl)ncc1Br. The van der Waals surface area contributed by atoms with Crippen molar-refractivity contribution in [2.75, 3.05) is 0 Å². The van der Waals surface area contributed by atoms with Gasteiger partial charge in [0.15, 0.2) is 0 Å². The van der Waals surface area contributed by atoms with E-state index in [0.29, 0.717) is 16.3 Å². The van der Waals surface area contributed by atoms with E-state index in [1.165, 1.54) is 5.56 Å². The normalized spacial score (nSPS) is 10.8. The number of aryl methyl sites for hydroxylation is 1. The molecule has 100 valence electrons. The quantitative estimate of drug-likeness (QED) is 0.727. The van der Waals surface area contributed by atoms with E-state index >= 15 is 0 Å². The van der Waals surface area contributed by atoms with E-state index in [-0.39, 0.29) is 5.28 Å². The van der Waals surface area contributed by atoms with Crippen molar-refractivity contribution in [3.63, 3.8) is 0 Å². The number of halogens is 2. The van der Waals surface area contributed by atoms with Crippen molar-refractivity contribution in [2.24, 2.45) is 0 Å². The molecular weight excluding hydrogens is 328 g/mol. The van der Waals surface area contributed by atoms with Gasteiger partial charge >= 0.3 is 0 Å². The highest BCUT2D eigenvalue weighted by molar-refractivity contribution is 9.10. The van der Waals surface area contributed by atoms with Gasteiger partial charge in [-0.3, -0.25) is 0 Å². The van der Waals surface area contributed by atoms with E-state index in [0.717, 1.165) is 11.3 Å². The van der Waals surface area contributed by atoms with Crippen molar-refractivity contribution in [2.45, 2.75) is 26.7 Å². The molecule has 19 heavy (non-hydrogen) atoms. The van der Waals surface area contributed by atoms with Gasteiger partial charge < -0.3 is 4.74 Å². The second-order valence-corrected chi connectivity index (χ2v) is 5.77. The molecule has 2 aromatic rings. The topological polar surface area (TPSA) is 35.0 Å². The Balaban J connectivity index is 2.37. The van der Waals surface area contributed by atoms with Crippen LogP contribution >= 0.6 is 27.5 Å². The average Bonchev–Trinajstić information content (AvgIpc) is 2.36. The molecule has 0 saturated carbocycles. The maximum atomic E-state index is 5.83. The monoisotopic (exact) mass is 340 g/mol. The van der Waals surface area contributed by atoms with Crippen LogP contribution in [0.5, 0.6) is 11.6 Å². The van der Waals surface area contributed by atoms with Crippen molar-refractivity contribution in [3.05, 3.63) is 45.3 Å². The van der Waals surface area contributed by atoms with Gasteiger partial charge in [0.25, 0.3) is 0 Å². The molecule has 1 aromatic carbocycles. The molecule has 0 amide bonds.